The molecule has 0 N–H and O–H groups in total. The predicted octanol–water partition coefficient (Wildman–Crippen LogP) is 1.30. The van der Waals surface area contributed by atoms with E-state index in [9.17, 15) is 9.59 Å². The molecule has 0 unspecified atom stereocenters. The van der Waals surface area contributed by atoms with E-state index in [1.807, 2.05) is 0 Å². The van der Waals surface area contributed by atoms with Crippen LogP contribution in [0.4, 0.5) is 0 Å². The monoisotopic (exact) mass is 188 g/mol. The summed E-state index contributed by atoms with van der Waals surface area (Å²) in [5.74, 6) is -1.07. The van der Waals surface area contributed by atoms with Crippen LogP contribution in [0.5, 0.6) is 0 Å². The highest BCUT2D eigenvalue weighted by molar-refractivity contribution is 5.91. The molecule has 0 aromatic carbocycles. The summed E-state index contributed by atoms with van der Waals surface area (Å²) in [5.41, 5.74) is 0. The molecule has 4 nitrogen and oxygen atoms in total. The number of rotatable bonds is 4. The Bertz CT molecular complexity index is 138. The van der Waals surface area contributed by atoms with E-state index in [1.54, 1.807) is 13.8 Å². The zero-order valence-electron chi connectivity index (χ0n) is 8.17. The lowest BCUT2D eigenvalue weighted by molar-refractivity contribution is -0.153. The molecule has 0 radical (unpaired) electrons. The van der Waals surface area contributed by atoms with E-state index in [4.69, 9.17) is 0 Å². The zero-order chi connectivity index (χ0) is 10.7. The summed E-state index contributed by atoms with van der Waals surface area (Å²) in [4.78, 5) is 21.2. The van der Waals surface area contributed by atoms with E-state index < -0.39 is 11.9 Å². The summed E-state index contributed by atoms with van der Waals surface area (Å²) >= 11 is 0. The molecular weight excluding hydrogens is 172 g/mol. The van der Waals surface area contributed by atoms with E-state index in [2.05, 4.69) is 22.6 Å². The van der Waals surface area contributed by atoms with Gasteiger partial charge in [-0.2, -0.15) is 0 Å². The minimum absolute atomic E-state index is 0.290. The Hall–Kier alpha value is -1.32. The lowest BCUT2D eigenvalue weighted by Crippen LogP contribution is -2.13. The summed E-state index contributed by atoms with van der Waals surface area (Å²) in [6, 6.07) is 0. The molecule has 0 aromatic heterocycles. The number of carbonyl (C=O) groups is 2. The van der Waals surface area contributed by atoms with E-state index in [-0.39, 0.29) is 19.6 Å². The Morgan fingerprint density at radius 1 is 1.00 bits per heavy atom. The van der Waals surface area contributed by atoms with Crippen LogP contribution in [-0.2, 0) is 19.1 Å². The maximum atomic E-state index is 10.6. The smallest absolute Gasteiger partial charge is 0.317 e. The van der Waals surface area contributed by atoms with Gasteiger partial charge in [0, 0.05) is 0 Å². The summed E-state index contributed by atoms with van der Waals surface area (Å²) in [7, 11) is 0. The highest BCUT2D eigenvalue weighted by Crippen LogP contribution is 1.89. The SMILES string of the molecule is C=C.CCOC(=O)CC(=O)OCC. The molecule has 0 saturated heterocycles. The average molecular weight is 188 g/mol. The number of ether oxygens (including phenoxy) is 2. The number of carbonyl (C=O) groups excluding carboxylic acids is 2. The quantitative estimate of drug-likeness (QED) is 0.379. The van der Waals surface area contributed by atoms with Gasteiger partial charge in [0.25, 0.3) is 0 Å². The fourth-order valence-corrected chi connectivity index (χ4v) is 0.542. The first-order valence-corrected chi connectivity index (χ1v) is 4.02. The highest BCUT2D eigenvalue weighted by atomic mass is 16.5. The van der Waals surface area contributed by atoms with Crippen LogP contribution < -0.4 is 0 Å². The Morgan fingerprint density at radius 3 is 1.54 bits per heavy atom. The molecule has 76 valence electrons. The van der Waals surface area contributed by atoms with Gasteiger partial charge in [-0.25, -0.2) is 0 Å². The van der Waals surface area contributed by atoms with Crippen LogP contribution in [0.15, 0.2) is 13.2 Å². The topological polar surface area (TPSA) is 52.6 Å². The fraction of sp³-hybridized carbons (Fsp3) is 0.556. The third-order valence-electron chi connectivity index (χ3n) is 0.899. The van der Waals surface area contributed by atoms with Crippen LogP contribution in [0, 0.1) is 0 Å². The van der Waals surface area contributed by atoms with Gasteiger partial charge in [0.1, 0.15) is 6.42 Å². The molecule has 0 amide bonds. The predicted molar refractivity (Wildman–Crippen MR) is 49.1 cm³/mol. The molecule has 0 aliphatic rings. The minimum Gasteiger partial charge on any atom is -0.466 e. The van der Waals surface area contributed by atoms with Crippen molar-refractivity contribution in [2.45, 2.75) is 20.3 Å². The first-order chi connectivity index (χ1) is 6.20. The van der Waals surface area contributed by atoms with Gasteiger partial charge in [-0.05, 0) is 13.8 Å². The van der Waals surface area contributed by atoms with Crippen molar-refractivity contribution in [3.63, 3.8) is 0 Å². The number of hydrogen-bond acceptors (Lipinski definition) is 4. The van der Waals surface area contributed by atoms with Crippen molar-refractivity contribution < 1.29 is 19.1 Å². The fourth-order valence-electron chi connectivity index (χ4n) is 0.542. The molecule has 0 heterocycles. The zero-order valence-corrected chi connectivity index (χ0v) is 8.17. The normalized spacial score (nSPS) is 7.85. The highest BCUT2D eigenvalue weighted by Gasteiger charge is 2.09. The Kier molecular flexibility index (Phi) is 11.7. The van der Waals surface area contributed by atoms with E-state index in [0.717, 1.165) is 0 Å². The van der Waals surface area contributed by atoms with Crippen molar-refractivity contribution in [1.29, 1.82) is 0 Å². The molecule has 0 spiro atoms. The van der Waals surface area contributed by atoms with Gasteiger partial charge < -0.3 is 9.47 Å². The Morgan fingerprint density at radius 2 is 1.31 bits per heavy atom. The summed E-state index contributed by atoms with van der Waals surface area (Å²) in [5, 5.41) is 0. The van der Waals surface area contributed by atoms with Crippen LogP contribution in [-0.4, -0.2) is 25.2 Å². The summed E-state index contributed by atoms with van der Waals surface area (Å²) < 4.78 is 9.04. The van der Waals surface area contributed by atoms with Gasteiger partial charge in [0.15, 0.2) is 0 Å². The van der Waals surface area contributed by atoms with Crippen molar-refractivity contribution in [3.05, 3.63) is 13.2 Å². The van der Waals surface area contributed by atoms with Gasteiger partial charge in [0.2, 0.25) is 0 Å². The molecule has 0 saturated carbocycles. The van der Waals surface area contributed by atoms with Gasteiger partial charge in [-0.3, -0.25) is 9.59 Å². The Labute approximate surface area is 78.5 Å². The first-order valence-electron chi connectivity index (χ1n) is 4.02. The summed E-state index contributed by atoms with van der Waals surface area (Å²) in [6.45, 7) is 9.95. The lowest BCUT2D eigenvalue weighted by Gasteiger charge is -2.00. The molecule has 0 aliphatic carbocycles. The second kappa shape index (κ2) is 10.7. The molecule has 0 aliphatic heterocycles. The van der Waals surface area contributed by atoms with E-state index in [0.29, 0.717) is 0 Å². The molecule has 0 fully saturated rings. The Balaban J connectivity index is 0. The van der Waals surface area contributed by atoms with E-state index >= 15 is 0 Å². The molecule has 0 bridgehead atoms. The second-order valence-electron chi connectivity index (χ2n) is 1.79. The van der Waals surface area contributed by atoms with Gasteiger partial charge in [0.05, 0.1) is 13.2 Å². The molecule has 13 heavy (non-hydrogen) atoms. The molecule has 0 aromatic rings. The van der Waals surface area contributed by atoms with E-state index in [1.165, 1.54) is 0 Å². The van der Waals surface area contributed by atoms with Crippen LogP contribution >= 0.6 is 0 Å². The van der Waals surface area contributed by atoms with Gasteiger partial charge >= 0.3 is 11.9 Å². The largest absolute Gasteiger partial charge is 0.466 e. The molecule has 4 heteroatoms. The molecule has 0 atom stereocenters. The third-order valence-corrected chi connectivity index (χ3v) is 0.899. The van der Waals surface area contributed by atoms with Crippen LogP contribution in [0.3, 0.4) is 0 Å². The van der Waals surface area contributed by atoms with Crippen molar-refractivity contribution in [2.24, 2.45) is 0 Å². The van der Waals surface area contributed by atoms with Crippen molar-refractivity contribution in [2.75, 3.05) is 13.2 Å². The van der Waals surface area contributed by atoms with Crippen molar-refractivity contribution in [1.82, 2.24) is 0 Å². The third kappa shape index (κ3) is 10.7. The first kappa shape index (κ1) is 14.2. The molecule has 0 rings (SSSR count). The summed E-state index contributed by atoms with van der Waals surface area (Å²) in [6.07, 6.45) is -0.290. The maximum absolute atomic E-state index is 10.6. The second-order valence-corrected chi connectivity index (χ2v) is 1.79. The maximum Gasteiger partial charge on any atom is 0.317 e. The molecular formula is C9H16O4. The van der Waals surface area contributed by atoms with Crippen LogP contribution in [0.25, 0.3) is 0 Å². The average Bonchev–Trinajstić information content (AvgIpc) is 2.08. The van der Waals surface area contributed by atoms with Gasteiger partial charge in [-0.1, -0.05) is 0 Å². The lowest BCUT2D eigenvalue weighted by atomic mass is 10.4. The standard InChI is InChI=1S/C7H12O4.C2H4/c1-3-10-6(8)5-7(9)11-4-2;1-2/h3-5H2,1-2H3;1-2H2. The van der Waals surface area contributed by atoms with Crippen molar-refractivity contribution >= 4 is 11.9 Å². The number of hydrogen-bond donors (Lipinski definition) is 0. The van der Waals surface area contributed by atoms with Crippen LogP contribution in [0.2, 0.25) is 0 Å². The number of esters is 2. The van der Waals surface area contributed by atoms with Gasteiger partial charge in [-0.15, -0.1) is 13.2 Å². The van der Waals surface area contributed by atoms with Crippen LogP contribution in [0.1, 0.15) is 20.3 Å². The minimum atomic E-state index is -0.536. The van der Waals surface area contributed by atoms with Crippen molar-refractivity contribution in [3.8, 4) is 0 Å².